The molecule has 4 nitrogen and oxygen atoms in total. The molecule has 1 aliphatic carbocycles. The van der Waals surface area contributed by atoms with Crippen LogP contribution in [0.25, 0.3) is 5.57 Å². The number of ketones is 1. The van der Waals surface area contributed by atoms with Crippen LogP contribution in [0.3, 0.4) is 0 Å². The highest BCUT2D eigenvalue weighted by molar-refractivity contribution is 6.32. The highest BCUT2D eigenvalue weighted by Gasteiger charge is 2.26. The third-order valence-electron chi connectivity index (χ3n) is 3.12. The third-order valence-corrected chi connectivity index (χ3v) is 3.12. The minimum absolute atomic E-state index is 0.0313. The molecular formula is C14H13NO3. The molecule has 18 heavy (non-hydrogen) atoms. The fourth-order valence-corrected chi connectivity index (χ4v) is 2.17. The molecule has 0 aliphatic heterocycles. The summed E-state index contributed by atoms with van der Waals surface area (Å²) in [5.41, 5.74) is 3.27. The number of allylic oxidation sites excluding steroid dienone is 4. The van der Waals surface area contributed by atoms with E-state index in [4.69, 9.17) is 0 Å². The van der Waals surface area contributed by atoms with E-state index >= 15 is 0 Å². The molecule has 0 unspecified atom stereocenters. The summed E-state index contributed by atoms with van der Waals surface area (Å²) in [4.78, 5) is 22.2. The Bertz CT molecular complexity index is 580. The van der Waals surface area contributed by atoms with Crippen molar-refractivity contribution >= 4 is 17.0 Å². The monoisotopic (exact) mass is 243 g/mol. The summed E-state index contributed by atoms with van der Waals surface area (Å²) in [5, 5.41) is 10.6. The molecule has 0 fully saturated rings. The molecule has 92 valence electrons. The summed E-state index contributed by atoms with van der Waals surface area (Å²) in [6, 6.07) is 6.12. The van der Waals surface area contributed by atoms with Gasteiger partial charge < -0.3 is 0 Å². The Morgan fingerprint density at radius 2 is 1.89 bits per heavy atom. The fraction of sp³-hybridized carbons (Fsp3) is 0.214. The summed E-state index contributed by atoms with van der Waals surface area (Å²) in [7, 11) is 0. The van der Waals surface area contributed by atoms with E-state index in [9.17, 15) is 14.9 Å². The van der Waals surface area contributed by atoms with Crippen LogP contribution in [0, 0.1) is 10.1 Å². The number of carbonyl (C=O) groups excluding carboxylic acids is 1. The van der Waals surface area contributed by atoms with Crippen molar-refractivity contribution in [1.29, 1.82) is 0 Å². The molecule has 0 aromatic heterocycles. The van der Waals surface area contributed by atoms with Crippen LogP contribution in [0.15, 0.2) is 41.5 Å². The zero-order valence-corrected chi connectivity index (χ0v) is 10.3. The first kappa shape index (κ1) is 12.2. The number of Topliss-reactive ketones (excluding diaryl/α,β-unsaturated/α-hetero) is 1. The van der Waals surface area contributed by atoms with Gasteiger partial charge in [0.25, 0.3) is 5.69 Å². The molecule has 0 amide bonds. The topological polar surface area (TPSA) is 60.2 Å². The van der Waals surface area contributed by atoms with Crippen LogP contribution in [0.2, 0.25) is 0 Å². The molecule has 4 heteroatoms. The van der Waals surface area contributed by atoms with E-state index in [2.05, 4.69) is 0 Å². The lowest BCUT2D eigenvalue weighted by molar-refractivity contribution is -0.384. The Hall–Kier alpha value is -2.23. The normalized spacial score (nSPS) is 17.7. The van der Waals surface area contributed by atoms with Crippen LogP contribution in [-0.2, 0) is 4.79 Å². The summed E-state index contributed by atoms with van der Waals surface area (Å²) in [5.74, 6) is 0.0313. The van der Waals surface area contributed by atoms with Gasteiger partial charge in [-0.15, -0.1) is 0 Å². The number of benzene rings is 1. The summed E-state index contributed by atoms with van der Waals surface area (Å²) >= 11 is 0. The largest absolute Gasteiger partial charge is 0.289 e. The molecule has 0 bridgehead atoms. The number of carbonyl (C=O) groups is 1. The first-order valence-corrected chi connectivity index (χ1v) is 5.69. The Balaban J connectivity index is 2.41. The van der Waals surface area contributed by atoms with Crippen LogP contribution < -0.4 is 0 Å². The van der Waals surface area contributed by atoms with Gasteiger partial charge in [0.15, 0.2) is 5.78 Å². The number of rotatable bonds is 2. The standard InChI is InChI=1S/C14H13NO3/c1-3-10-8-9(2)13(14(10)16)11-4-6-12(7-5-11)15(17)18/h3-7H,8H2,1-2H3/b10-3-. The average molecular weight is 243 g/mol. The Labute approximate surface area is 105 Å². The number of non-ortho nitro benzene ring substituents is 1. The Morgan fingerprint density at radius 1 is 1.28 bits per heavy atom. The second-order valence-electron chi connectivity index (χ2n) is 4.28. The quantitative estimate of drug-likeness (QED) is 0.455. The van der Waals surface area contributed by atoms with Crippen molar-refractivity contribution in [3.63, 3.8) is 0 Å². The van der Waals surface area contributed by atoms with Crippen LogP contribution in [0.1, 0.15) is 25.8 Å². The first-order chi connectivity index (χ1) is 8.54. The molecule has 0 heterocycles. The zero-order valence-electron chi connectivity index (χ0n) is 10.3. The number of hydrogen-bond acceptors (Lipinski definition) is 3. The van der Waals surface area contributed by atoms with Gasteiger partial charge in [-0.05, 0) is 43.5 Å². The van der Waals surface area contributed by atoms with E-state index < -0.39 is 4.92 Å². The molecule has 0 radical (unpaired) electrons. The summed E-state index contributed by atoms with van der Waals surface area (Å²) in [6.45, 7) is 3.77. The molecule has 1 aromatic rings. The van der Waals surface area contributed by atoms with Crippen LogP contribution in [-0.4, -0.2) is 10.7 Å². The van der Waals surface area contributed by atoms with Gasteiger partial charge in [0.2, 0.25) is 0 Å². The maximum atomic E-state index is 12.1. The van der Waals surface area contributed by atoms with E-state index in [1.165, 1.54) is 12.1 Å². The maximum absolute atomic E-state index is 12.1. The highest BCUT2D eigenvalue weighted by atomic mass is 16.6. The Morgan fingerprint density at radius 3 is 2.33 bits per heavy atom. The van der Waals surface area contributed by atoms with Gasteiger partial charge in [-0.25, -0.2) is 0 Å². The van der Waals surface area contributed by atoms with Crippen molar-refractivity contribution in [2.45, 2.75) is 20.3 Å². The fourth-order valence-electron chi connectivity index (χ4n) is 2.17. The van der Waals surface area contributed by atoms with Crippen molar-refractivity contribution in [2.24, 2.45) is 0 Å². The molecule has 0 saturated heterocycles. The molecule has 0 spiro atoms. The number of nitrogens with zero attached hydrogens (tertiary/aromatic N) is 1. The molecule has 0 saturated carbocycles. The van der Waals surface area contributed by atoms with Crippen molar-refractivity contribution in [2.75, 3.05) is 0 Å². The van der Waals surface area contributed by atoms with Gasteiger partial charge >= 0.3 is 0 Å². The zero-order chi connectivity index (χ0) is 13.3. The smallest absolute Gasteiger partial charge is 0.269 e. The molecule has 0 atom stereocenters. The lowest BCUT2D eigenvalue weighted by atomic mass is 10.0. The minimum Gasteiger partial charge on any atom is -0.289 e. The van der Waals surface area contributed by atoms with E-state index in [0.717, 1.165) is 16.7 Å². The molecule has 2 rings (SSSR count). The van der Waals surface area contributed by atoms with Crippen molar-refractivity contribution in [1.82, 2.24) is 0 Å². The minimum atomic E-state index is -0.446. The first-order valence-electron chi connectivity index (χ1n) is 5.69. The van der Waals surface area contributed by atoms with Gasteiger partial charge in [0.05, 0.1) is 4.92 Å². The Kier molecular flexibility index (Phi) is 3.10. The number of hydrogen-bond donors (Lipinski definition) is 0. The van der Waals surface area contributed by atoms with E-state index in [-0.39, 0.29) is 11.5 Å². The summed E-state index contributed by atoms with van der Waals surface area (Å²) < 4.78 is 0. The van der Waals surface area contributed by atoms with Gasteiger partial charge in [0.1, 0.15) is 0 Å². The van der Waals surface area contributed by atoms with Gasteiger partial charge in [-0.1, -0.05) is 11.6 Å². The second kappa shape index (κ2) is 4.56. The molecule has 1 aromatic carbocycles. The van der Waals surface area contributed by atoms with E-state index in [0.29, 0.717) is 12.0 Å². The van der Waals surface area contributed by atoms with E-state index in [1.807, 2.05) is 19.9 Å². The summed E-state index contributed by atoms with van der Waals surface area (Å²) in [6.07, 6.45) is 2.49. The number of nitro groups is 1. The van der Waals surface area contributed by atoms with Gasteiger partial charge in [0, 0.05) is 17.7 Å². The highest BCUT2D eigenvalue weighted by Crippen LogP contribution is 2.34. The third kappa shape index (κ3) is 1.97. The lowest BCUT2D eigenvalue weighted by Crippen LogP contribution is -1.99. The maximum Gasteiger partial charge on any atom is 0.269 e. The van der Waals surface area contributed by atoms with Crippen LogP contribution >= 0.6 is 0 Å². The molecular weight excluding hydrogens is 230 g/mol. The average Bonchev–Trinajstić information content (AvgIpc) is 2.64. The SMILES string of the molecule is C/C=C1/CC(C)=C(c2ccc([N+](=O)[O-])cc2)C1=O. The van der Waals surface area contributed by atoms with Crippen LogP contribution in [0.4, 0.5) is 5.69 Å². The molecule has 0 N–H and O–H groups in total. The predicted octanol–water partition coefficient (Wildman–Crippen LogP) is 3.29. The predicted molar refractivity (Wildman–Crippen MR) is 69.1 cm³/mol. The van der Waals surface area contributed by atoms with Crippen molar-refractivity contribution in [3.05, 3.63) is 57.2 Å². The molecule has 1 aliphatic rings. The van der Waals surface area contributed by atoms with Gasteiger partial charge in [-0.2, -0.15) is 0 Å². The van der Waals surface area contributed by atoms with E-state index in [1.54, 1.807) is 12.1 Å². The lowest BCUT2D eigenvalue weighted by Gasteiger charge is -2.02. The second-order valence-corrected chi connectivity index (χ2v) is 4.28. The van der Waals surface area contributed by atoms with Crippen molar-refractivity contribution < 1.29 is 9.72 Å². The van der Waals surface area contributed by atoms with Gasteiger partial charge in [-0.3, -0.25) is 14.9 Å². The van der Waals surface area contributed by atoms with Crippen LogP contribution in [0.5, 0.6) is 0 Å². The number of nitro benzene ring substituents is 1. The van der Waals surface area contributed by atoms with Crippen molar-refractivity contribution in [3.8, 4) is 0 Å².